The molecule has 0 N–H and O–H groups in total. The van der Waals surface area contributed by atoms with Crippen molar-refractivity contribution in [1.82, 2.24) is 4.90 Å². The van der Waals surface area contributed by atoms with Gasteiger partial charge in [-0.15, -0.1) is 0 Å². The second-order valence-electron chi connectivity index (χ2n) is 5.31. The molecule has 1 saturated carbocycles. The molecule has 0 aromatic heterocycles. The van der Waals surface area contributed by atoms with Gasteiger partial charge in [0.15, 0.2) is 0 Å². The number of allylic oxidation sites excluding steroid dienone is 1. The van der Waals surface area contributed by atoms with Gasteiger partial charge < -0.3 is 0 Å². The van der Waals surface area contributed by atoms with Crippen molar-refractivity contribution in [1.29, 1.82) is 0 Å². The van der Waals surface area contributed by atoms with E-state index in [4.69, 9.17) is 0 Å². The van der Waals surface area contributed by atoms with E-state index in [1.807, 2.05) is 43.2 Å². The summed E-state index contributed by atoms with van der Waals surface area (Å²) in [5.74, 6) is 1.20. The van der Waals surface area contributed by atoms with Gasteiger partial charge in [0.2, 0.25) is 0 Å². The first-order chi connectivity index (χ1) is 10.1. The molecule has 0 amide bonds. The van der Waals surface area contributed by atoms with Crippen molar-refractivity contribution in [2.24, 2.45) is 0 Å². The fraction of sp³-hybridized carbons (Fsp3) is 0.278. The van der Waals surface area contributed by atoms with E-state index >= 15 is 0 Å². The van der Waals surface area contributed by atoms with E-state index in [0.29, 0.717) is 11.4 Å². The summed E-state index contributed by atoms with van der Waals surface area (Å²) in [5, 5.41) is 0.645. The van der Waals surface area contributed by atoms with E-state index < -0.39 is 13.8 Å². The number of rotatable bonds is 6. The third kappa shape index (κ3) is 4.60. The molecule has 0 spiro atoms. The molecular weight excluding hydrogens is 325 g/mol. The number of hydrogen-bond acceptors (Lipinski definition) is 2. The van der Waals surface area contributed by atoms with E-state index in [2.05, 4.69) is 44.5 Å². The van der Waals surface area contributed by atoms with Crippen molar-refractivity contribution in [3.63, 3.8) is 0 Å². The molecule has 5 radical (unpaired) electrons. The Morgan fingerprint density at radius 3 is 2.57 bits per heavy atom. The molecule has 1 aliphatic carbocycles. The summed E-state index contributed by atoms with van der Waals surface area (Å²) in [6.45, 7) is 2.15. The van der Waals surface area contributed by atoms with Crippen LogP contribution in [-0.4, -0.2) is 38.9 Å². The molecule has 0 aliphatic heterocycles. The third-order valence-corrected chi connectivity index (χ3v) is 6.48. The predicted molar refractivity (Wildman–Crippen MR) is 89.3 cm³/mol. The molecule has 1 aromatic rings. The standard InChI is InChI=1S/C18H22NOSe/c1-15(19(2)3)17-12-7-13-18(17)21(20)14-8-11-16-9-5-4-6-10-16/h4-13,15H,14H2,1-3H3/b11-8+/t15-,21?/m0/s1. The quantitative estimate of drug-likeness (QED) is 0.736. The van der Waals surface area contributed by atoms with E-state index in [1.54, 1.807) is 0 Å². The van der Waals surface area contributed by atoms with Crippen molar-refractivity contribution in [2.45, 2.75) is 18.3 Å². The van der Waals surface area contributed by atoms with Crippen molar-refractivity contribution < 1.29 is 3.83 Å². The zero-order valence-electron chi connectivity index (χ0n) is 12.8. The normalized spacial score (nSPS) is 20.4. The Balaban J connectivity index is 1.92. The molecule has 1 unspecified atom stereocenters. The summed E-state index contributed by atoms with van der Waals surface area (Å²) in [7, 11) is 4.10. The molecular formula is C18H22NOSe. The molecule has 2 rings (SSSR count). The first-order valence-corrected chi connectivity index (χ1v) is 9.88. The first-order valence-electron chi connectivity index (χ1n) is 7.11. The Labute approximate surface area is 133 Å². The number of nitrogens with zero attached hydrogens (tertiary/aromatic N) is 1. The Morgan fingerprint density at radius 2 is 1.90 bits per heavy atom. The summed E-state index contributed by atoms with van der Waals surface area (Å²) >= 11 is -2.01. The summed E-state index contributed by atoms with van der Waals surface area (Å²) in [4.78, 5) is 3.20. The molecule has 1 aliphatic rings. The topological polar surface area (TPSA) is 20.3 Å². The predicted octanol–water partition coefficient (Wildman–Crippen LogP) is 3.39. The van der Waals surface area contributed by atoms with Crippen LogP contribution in [0.15, 0.2) is 36.4 Å². The van der Waals surface area contributed by atoms with Crippen LogP contribution in [0, 0.1) is 30.0 Å². The van der Waals surface area contributed by atoms with Gasteiger partial charge in [-0.1, -0.05) is 0 Å². The molecule has 21 heavy (non-hydrogen) atoms. The van der Waals surface area contributed by atoms with Crippen molar-refractivity contribution in [3.8, 4) is 0 Å². The monoisotopic (exact) mass is 348 g/mol. The molecule has 2 atom stereocenters. The first kappa shape index (κ1) is 16.6. The zero-order chi connectivity index (χ0) is 15.2. The third-order valence-electron chi connectivity index (χ3n) is 3.64. The molecule has 3 heteroatoms. The maximum atomic E-state index is 12.6. The molecule has 1 aromatic carbocycles. The number of hydrogen-bond donors (Lipinski definition) is 0. The van der Waals surface area contributed by atoms with E-state index in [9.17, 15) is 3.83 Å². The minimum atomic E-state index is -2.01. The fourth-order valence-corrected chi connectivity index (χ4v) is 4.65. The minimum absolute atomic E-state index is 0.299. The summed E-state index contributed by atoms with van der Waals surface area (Å²) in [5.41, 5.74) is 1.15. The average Bonchev–Trinajstić information content (AvgIpc) is 2.96. The van der Waals surface area contributed by atoms with Crippen LogP contribution >= 0.6 is 0 Å². The second-order valence-corrected chi connectivity index (χ2v) is 8.38. The van der Waals surface area contributed by atoms with Crippen LogP contribution in [0.1, 0.15) is 12.5 Å². The van der Waals surface area contributed by atoms with Crippen LogP contribution in [0.4, 0.5) is 0 Å². The molecule has 2 nitrogen and oxygen atoms in total. The van der Waals surface area contributed by atoms with Crippen molar-refractivity contribution >= 4 is 19.9 Å². The molecule has 0 saturated heterocycles. The van der Waals surface area contributed by atoms with Crippen LogP contribution in [0.3, 0.4) is 0 Å². The Morgan fingerprint density at radius 1 is 1.19 bits per heavy atom. The van der Waals surface area contributed by atoms with Gasteiger partial charge in [-0.3, -0.25) is 0 Å². The van der Waals surface area contributed by atoms with Gasteiger partial charge in [0.05, 0.1) is 0 Å². The maximum absolute atomic E-state index is 12.6. The molecule has 1 fully saturated rings. The summed E-state index contributed by atoms with van der Waals surface area (Å²) in [6, 6.07) is 10.4. The van der Waals surface area contributed by atoms with Gasteiger partial charge in [0.25, 0.3) is 0 Å². The molecule has 0 bridgehead atoms. The van der Waals surface area contributed by atoms with Gasteiger partial charge in [0.1, 0.15) is 0 Å². The number of benzene rings is 1. The van der Waals surface area contributed by atoms with Crippen LogP contribution in [0.2, 0.25) is 5.32 Å². The van der Waals surface area contributed by atoms with Crippen molar-refractivity contribution in [2.75, 3.05) is 14.1 Å². The second kappa shape index (κ2) is 8.03. The van der Waals surface area contributed by atoms with Gasteiger partial charge in [-0.05, 0) is 0 Å². The van der Waals surface area contributed by atoms with E-state index in [1.165, 1.54) is 5.92 Å². The van der Waals surface area contributed by atoms with Crippen molar-refractivity contribution in [3.05, 3.63) is 72.0 Å². The van der Waals surface area contributed by atoms with Crippen LogP contribution < -0.4 is 0 Å². The fourth-order valence-electron chi connectivity index (χ4n) is 2.17. The van der Waals surface area contributed by atoms with Crippen LogP contribution in [0.5, 0.6) is 0 Å². The molecule has 0 heterocycles. The van der Waals surface area contributed by atoms with Gasteiger partial charge in [-0.2, -0.15) is 0 Å². The Bertz CT molecular complexity index is 483. The van der Waals surface area contributed by atoms with Gasteiger partial charge >= 0.3 is 133 Å². The van der Waals surface area contributed by atoms with E-state index in [0.717, 1.165) is 10.4 Å². The Kier molecular flexibility index (Phi) is 6.35. The zero-order valence-corrected chi connectivity index (χ0v) is 14.5. The van der Waals surface area contributed by atoms with Gasteiger partial charge in [-0.25, -0.2) is 0 Å². The molecule has 111 valence electrons. The summed E-state index contributed by atoms with van der Waals surface area (Å²) < 4.78 is 12.6. The van der Waals surface area contributed by atoms with Gasteiger partial charge in [0, 0.05) is 0 Å². The van der Waals surface area contributed by atoms with Crippen LogP contribution in [0.25, 0.3) is 6.08 Å². The summed E-state index contributed by atoms with van der Waals surface area (Å²) in [6.07, 6.45) is 10.2. The Hall–Kier alpha value is -0.761. The SMILES string of the molecule is C[C@@H]([C]1[CH][CH][CH][C]1[Se](=O)C/C=C/c1ccccc1)N(C)C. The average molecular weight is 347 g/mol. The van der Waals surface area contributed by atoms with E-state index in [-0.39, 0.29) is 0 Å². The van der Waals surface area contributed by atoms with Crippen LogP contribution in [-0.2, 0) is 3.83 Å².